The van der Waals surface area contributed by atoms with E-state index in [1.165, 1.54) is 7.11 Å². The molecule has 2 rings (SSSR count). The molecule has 0 radical (unpaired) electrons. The van der Waals surface area contributed by atoms with Gasteiger partial charge in [-0.2, -0.15) is 0 Å². The lowest BCUT2D eigenvalue weighted by Gasteiger charge is -2.10. The molecule has 0 saturated heterocycles. The van der Waals surface area contributed by atoms with Crippen molar-refractivity contribution in [2.24, 2.45) is 0 Å². The maximum absolute atomic E-state index is 11.6. The van der Waals surface area contributed by atoms with Crippen LogP contribution in [-0.4, -0.2) is 38.0 Å². The van der Waals surface area contributed by atoms with Crippen molar-refractivity contribution in [3.8, 4) is 5.75 Å². The van der Waals surface area contributed by atoms with Crippen LogP contribution >= 0.6 is 0 Å². The SMILES string of the molecule is COC(=O)CCC(=O)NCCc1ccc2c(c1)NC(=O)CCO2. The van der Waals surface area contributed by atoms with E-state index in [4.69, 9.17) is 4.74 Å². The van der Waals surface area contributed by atoms with Crippen molar-refractivity contribution in [1.82, 2.24) is 5.32 Å². The van der Waals surface area contributed by atoms with Crippen molar-refractivity contribution < 1.29 is 23.9 Å². The molecule has 23 heavy (non-hydrogen) atoms. The number of rotatable bonds is 6. The van der Waals surface area contributed by atoms with Gasteiger partial charge in [-0.05, 0) is 24.1 Å². The van der Waals surface area contributed by atoms with Gasteiger partial charge in [0.05, 0.1) is 32.2 Å². The summed E-state index contributed by atoms with van der Waals surface area (Å²) < 4.78 is 9.97. The van der Waals surface area contributed by atoms with Crippen molar-refractivity contribution in [1.29, 1.82) is 0 Å². The van der Waals surface area contributed by atoms with Crippen molar-refractivity contribution in [3.63, 3.8) is 0 Å². The lowest BCUT2D eigenvalue weighted by Crippen LogP contribution is -2.26. The Kier molecular flexibility index (Phi) is 5.96. The quantitative estimate of drug-likeness (QED) is 0.763. The van der Waals surface area contributed by atoms with Crippen LogP contribution in [0.4, 0.5) is 5.69 Å². The van der Waals surface area contributed by atoms with E-state index in [0.717, 1.165) is 5.56 Å². The van der Waals surface area contributed by atoms with Gasteiger partial charge in [-0.1, -0.05) is 6.07 Å². The largest absolute Gasteiger partial charge is 0.491 e. The lowest BCUT2D eigenvalue weighted by molar-refractivity contribution is -0.142. The maximum atomic E-state index is 11.6. The van der Waals surface area contributed by atoms with Crippen molar-refractivity contribution >= 4 is 23.5 Å². The summed E-state index contributed by atoms with van der Waals surface area (Å²) in [5.74, 6) is -0.0119. The molecule has 0 saturated carbocycles. The van der Waals surface area contributed by atoms with E-state index >= 15 is 0 Å². The van der Waals surface area contributed by atoms with Crippen LogP contribution in [0.2, 0.25) is 0 Å². The first kappa shape index (κ1) is 16.8. The molecule has 2 amide bonds. The number of carbonyl (C=O) groups excluding carboxylic acids is 3. The molecule has 0 atom stereocenters. The highest BCUT2D eigenvalue weighted by molar-refractivity contribution is 5.93. The average molecular weight is 320 g/mol. The number of nitrogens with one attached hydrogen (secondary N) is 2. The molecule has 1 aromatic rings. The van der Waals surface area contributed by atoms with Crippen molar-refractivity contribution in [2.75, 3.05) is 25.6 Å². The fourth-order valence-corrected chi connectivity index (χ4v) is 2.17. The van der Waals surface area contributed by atoms with Gasteiger partial charge in [0.2, 0.25) is 11.8 Å². The van der Waals surface area contributed by atoms with E-state index < -0.39 is 5.97 Å². The van der Waals surface area contributed by atoms with Crippen LogP contribution < -0.4 is 15.4 Å². The average Bonchev–Trinajstić information content (AvgIpc) is 2.72. The Hall–Kier alpha value is -2.57. The molecule has 0 aromatic heterocycles. The number of methoxy groups -OCH3 is 1. The summed E-state index contributed by atoms with van der Waals surface area (Å²) >= 11 is 0. The van der Waals surface area contributed by atoms with Crippen molar-refractivity contribution in [3.05, 3.63) is 23.8 Å². The van der Waals surface area contributed by atoms with Crippen molar-refractivity contribution in [2.45, 2.75) is 25.7 Å². The number of fused-ring (bicyclic) bond motifs is 1. The topological polar surface area (TPSA) is 93.7 Å². The second-order valence-electron chi connectivity index (χ2n) is 5.15. The van der Waals surface area contributed by atoms with E-state index in [9.17, 15) is 14.4 Å². The van der Waals surface area contributed by atoms with E-state index in [0.29, 0.717) is 37.4 Å². The number of carbonyl (C=O) groups is 3. The van der Waals surface area contributed by atoms with Crippen LogP contribution in [-0.2, 0) is 25.5 Å². The fraction of sp³-hybridized carbons (Fsp3) is 0.438. The van der Waals surface area contributed by atoms with Gasteiger partial charge in [0, 0.05) is 13.0 Å². The zero-order valence-electron chi connectivity index (χ0n) is 13.0. The maximum Gasteiger partial charge on any atom is 0.306 e. The summed E-state index contributed by atoms with van der Waals surface area (Å²) in [6.07, 6.45) is 1.14. The molecule has 124 valence electrons. The summed E-state index contributed by atoms with van der Waals surface area (Å²) in [7, 11) is 1.29. The minimum absolute atomic E-state index is 0.0722. The second-order valence-corrected chi connectivity index (χ2v) is 5.15. The number of esters is 1. The lowest BCUT2D eigenvalue weighted by atomic mass is 10.1. The van der Waals surface area contributed by atoms with Crippen LogP contribution in [0.3, 0.4) is 0 Å². The summed E-state index contributed by atoms with van der Waals surface area (Å²) in [6, 6.07) is 5.56. The van der Waals surface area contributed by atoms with Gasteiger partial charge in [-0.25, -0.2) is 0 Å². The third kappa shape index (κ3) is 5.28. The Morgan fingerprint density at radius 2 is 2.17 bits per heavy atom. The first-order valence-corrected chi connectivity index (χ1v) is 7.47. The summed E-state index contributed by atoms with van der Waals surface area (Å²) in [6.45, 7) is 0.821. The van der Waals surface area contributed by atoms with Crippen LogP contribution in [0.1, 0.15) is 24.8 Å². The van der Waals surface area contributed by atoms with E-state index in [1.807, 2.05) is 18.2 Å². The van der Waals surface area contributed by atoms with Crippen LogP contribution in [0, 0.1) is 0 Å². The molecule has 1 aliphatic rings. The van der Waals surface area contributed by atoms with Gasteiger partial charge < -0.3 is 20.1 Å². The number of benzene rings is 1. The second kappa shape index (κ2) is 8.17. The van der Waals surface area contributed by atoms with Gasteiger partial charge in [0.1, 0.15) is 5.75 Å². The molecular formula is C16H20N2O5. The van der Waals surface area contributed by atoms with Crippen LogP contribution in [0.25, 0.3) is 0 Å². The zero-order valence-corrected chi connectivity index (χ0v) is 13.0. The third-order valence-corrected chi connectivity index (χ3v) is 3.42. The highest BCUT2D eigenvalue weighted by Gasteiger charge is 2.14. The monoisotopic (exact) mass is 320 g/mol. The molecule has 7 nitrogen and oxygen atoms in total. The zero-order chi connectivity index (χ0) is 16.7. The van der Waals surface area contributed by atoms with Gasteiger partial charge >= 0.3 is 5.97 Å². The Morgan fingerprint density at radius 1 is 1.35 bits per heavy atom. The minimum atomic E-state index is -0.401. The number of hydrogen-bond donors (Lipinski definition) is 2. The molecule has 2 N–H and O–H groups in total. The summed E-state index contributed by atoms with van der Waals surface area (Å²) in [4.78, 5) is 34.1. The Bertz CT molecular complexity index is 600. The van der Waals surface area contributed by atoms with Crippen LogP contribution in [0.15, 0.2) is 18.2 Å². The fourth-order valence-electron chi connectivity index (χ4n) is 2.17. The first-order chi connectivity index (χ1) is 11.1. The molecular weight excluding hydrogens is 300 g/mol. The Balaban J connectivity index is 1.81. The number of hydrogen-bond acceptors (Lipinski definition) is 5. The minimum Gasteiger partial charge on any atom is -0.491 e. The molecule has 0 aliphatic carbocycles. The predicted molar refractivity (Wildman–Crippen MR) is 83.1 cm³/mol. The van der Waals surface area contributed by atoms with E-state index in [-0.39, 0.29) is 24.7 Å². The van der Waals surface area contributed by atoms with Gasteiger partial charge in [0.25, 0.3) is 0 Å². The Labute approximate surface area is 134 Å². The van der Waals surface area contributed by atoms with Gasteiger partial charge in [-0.15, -0.1) is 0 Å². The predicted octanol–water partition coefficient (Wildman–Crippen LogP) is 1.02. The molecule has 7 heteroatoms. The molecule has 1 aromatic carbocycles. The molecule has 0 spiro atoms. The standard InChI is InChI=1S/C16H20N2O5/c1-22-16(21)5-4-14(19)17-8-6-11-2-3-13-12(10-11)18-15(20)7-9-23-13/h2-3,10H,4-9H2,1H3,(H,17,19)(H,18,20). The highest BCUT2D eigenvalue weighted by Crippen LogP contribution is 2.28. The number of amides is 2. The van der Waals surface area contributed by atoms with E-state index in [2.05, 4.69) is 15.4 Å². The normalized spacial score (nSPS) is 13.2. The number of ether oxygens (including phenoxy) is 2. The van der Waals surface area contributed by atoms with Crippen LogP contribution in [0.5, 0.6) is 5.75 Å². The molecule has 1 heterocycles. The summed E-state index contributed by atoms with van der Waals surface area (Å²) in [5.41, 5.74) is 1.63. The molecule has 0 fully saturated rings. The third-order valence-electron chi connectivity index (χ3n) is 3.42. The first-order valence-electron chi connectivity index (χ1n) is 7.47. The smallest absolute Gasteiger partial charge is 0.306 e. The van der Waals surface area contributed by atoms with E-state index in [1.54, 1.807) is 0 Å². The number of anilines is 1. The van der Waals surface area contributed by atoms with Gasteiger partial charge in [0.15, 0.2) is 0 Å². The van der Waals surface area contributed by atoms with Gasteiger partial charge in [-0.3, -0.25) is 14.4 Å². The molecule has 1 aliphatic heterocycles. The molecule has 0 bridgehead atoms. The molecule has 0 unspecified atom stereocenters. The highest BCUT2D eigenvalue weighted by atomic mass is 16.5. The Morgan fingerprint density at radius 3 is 2.96 bits per heavy atom. The summed E-state index contributed by atoms with van der Waals surface area (Å²) in [5, 5.41) is 5.54.